The van der Waals surface area contributed by atoms with Gasteiger partial charge in [-0.1, -0.05) is 55.8 Å². The Bertz CT molecular complexity index is 712. The largest absolute Gasteiger partial charge is 0.354 e. The van der Waals surface area contributed by atoms with E-state index in [1.165, 1.54) is 61.7 Å². The topological polar surface area (TPSA) is 39.7 Å². The zero-order chi connectivity index (χ0) is 18.2. The van der Waals surface area contributed by atoms with E-state index in [2.05, 4.69) is 69.9 Å². The van der Waals surface area contributed by atoms with Gasteiger partial charge >= 0.3 is 0 Å². The highest BCUT2D eigenvalue weighted by atomic mass is 15.2. The van der Waals surface area contributed by atoms with E-state index < -0.39 is 0 Å². The Morgan fingerprint density at radius 1 is 1.12 bits per heavy atom. The highest BCUT2D eigenvalue weighted by Gasteiger charge is 2.19. The molecule has 1 heterocycles. The summed E-state index contributed by atoms with van der Waals surface area (Å²) in [4.78, 5) is 7.02. The van der Waals surface area contributed by atoms with E-state index in [-0.39, 0.29) is 0 Å². The van der Waals surface area contributed by atoms with E-state index in [0.717, 1.165) is 12.5 Å². The molecule has 0 aromatic heterocycles. The maximum Gasteiger partial charge on any atom is 0.191 e. The Kier molecular flexibility index (Phi) is 6.89. The van der Waals surface area contributed by atoms with Gasteiger partial charge in [0.2, 0.25) is 0 Å². The first kappa shape index (κ1) is 18.7. The van der Waals surface area contributed by atoms with Crippen molar-refractivity contribution in [2.45, 2.75) is 45.2 Å². The van der Waals surface area contributed by atoms with E-state index >= 15 is 0 Å². The zero-order valence-corrected chi connectivity index (χ0v) is 16.2. The van der Waals surface area contributed by atoms with Gasteiger partial charge in [-0.25, -0.2) is 0 Å². The highest BCUT2D eigenvalue weighted by molar-refractivity contribution is 5.86. The third-order valence-corrected chi connectivity index (χ3v) is 5.31. The fourth-order valence-electron chi connectivity index (χ4n) is 3.70. The summed E-state index contributed by atoms with van der Waals surface area (Å²) in [6.07, 6.45) is 4.98. The van der Waals surface area contributed by atoms with Crippen LogP contribution in [0.2, 0.25) is 0 Å². The maximum atomic E-state index is 4.43. The first-order chi connectivity index (χ1) is 12.8. The molecule has 4 heteroatoms. The minimum Gasteiger partial charge on any atom is -0.354 e. The monoisotopic (exact) mass is 352 g/mol. The molecule has 0 bridgehead atoms. The van der Waals surface area contributed by atoms with Crippen molar-refractivity contribution >= 4 is 16.7 Å². The second-order valence-corrected chi connectivity index (χ2v) is 7.18. The van der Waals surface area contributed by atoms with Crippen LogP contribution >= 0.6 is 0 Å². The van der Waals surface area contributed by atoms with E-state index in [1.54, 1.807) is 0 Å². The van der Waals surface area contributed by atoms with Crippen LogP contribution in [0.1, 0.15) is 38.2 Å². The summed E-state index contributed by atoms with van der Waals surface area (Å²) in [5.74, 6) is 0.907. The minimum atomic E-state index is 0.520. The summed E-state index contributed by atoms with van der Waals surface area (Å²) in [5, 5.41) is 9.70. The van der Waals surface area contributed by atoms with Crippen LogP contribution in [0.4, 0.5) is 0 Å². The molecule has 4 nitrogen and oxygen atoms in total. The summed E-state index contributed by atoms with van der Waals surface area (Å²) in [5.41, 5.74) is 1.31. The molecular weight excluding hydrogens is 320 g/mol. The van der Waals surface area contributed by atoms with Crippen molar-refractivity contribution < 1.29 is 0 Å². The number of rotatable bonds is 6. The number of aliphatic imine (C=N–C) groups is 1. The van der Waals surface area contributed by atoms with Crippen molar-refractivity contribution in [3.8, 4) is 0 Å². The van der Waals surface area contributed by atoms with Gasteiger partial charge in [0.25, 0.3) is 0 Å². The molecular formula is C22H32N4. The third-order valence-electron chi connectivity index (χ3n) is 5.31. The third kappa shape index (κ3) is 4.98. The van der Waals surface area contributed by atoms with E-state index in [9.17, 15) is 0 Å². The molecule has 1 fully saturated rings. The number of nitrogens with zero attached hydrogens (tertiary/aromatic N) is 2. The summed E-state index contributed by atoms with van der Waals surface area (Å²) in [6, 6.07) is 15.5. The van der Waals surface area contributed by atoms with Gasteiger partial charge < -0.3 is 15.5 Å². The Labute approximate surface area is 157 Å². The molecule has 3 rings (SSSR count). The SMILES string of the molecule is CCCCN1CCC(NC(=NC)NCc2cccc3ccccc23)CC1. The Morgan fingerprint density at radius 3 is 2.65 bits per heavy atom. The van der Waals surface area contributed by atoms with Crippen LogP contribution in [0.25, 0.3) is 10.8 Å². The highest BCUT2D eigenvalue weighted by Crippen LogP contribution is 2.18. The van der Waals surface area contributed by atoms with Crippen molar-refractivity contribution in [2.75, 3.05) is 26.7 Å². The molecule has 0 unspecified atom stereocenters. The summed E-state index contributed by atoms with van der Waals surface area (Å²) in [6.45, 7) is 6.68. The van der Waals surface area contributed by atoms with Gasteiger partial charge in [-0.15, -0.1) is 0 Å². The Hall–Kier alpha value is -2.07. The molecule has 2 aromatic rings. The van der Waals surface area contributed by atoms with Gasteiger partial charge in [-0.2, -0.15) is 0 Å². The van der Waals surface area contributed by atoms with Gasteiger partial charge in [0, 0.05) is 32.7 Å². The molecule has 0 saturated carbocycles. The lowest BCUT2D eigenvalue weighted by Crippen LogP contribution is -2.48. The van der Waals surface area contributed by atoms with Crippen LogP contribution in [0, 0.1) is 0 Å². The van der Waals surface area contributed by atoms with Gasteiger partial charge in [0.1, 0.15) is 0 Å². The molecule has 0 aliphatic carbocycles. The lowest BCUT2D eigenvalue weighted by Gasteiger charge is -2.33. The van der Waals surface area contributed by atoms with Crippen LogP contribution in [-0.4, -0.2) is 43.6 Å². The molecule has 1 aliphatic rings. The fraction of sp³-hybridized carbons (Fsp3) is 0.500. The molecule has 0 amide bonds. The number of likely N-dealkylation sites (tertiary alicyclic amines) is 1. The molecule has 0 atom stereocenters. The smallest absolute Gasteiger partial charge is 0.191 e. The van der Waals surface area contributed by atoms with E-state index in [4.69, 9.17) is 0 Å². The van der Waals surface area contributed by atoms with Crippen LogP contribution < -0.4 is 10.6 Å². The Morgan fingerprint density at radius 2 is 1.88 bits per heavy atom. The van der Waals surface area contributed by atoms with Crippen molar-refractivity contribution in [3.05, 3.63) is 48.0 Å². The van der Waals surface area contributed by atoms with Crippen LogP contribution in [0.5, 0.6) is 0 Å². The normalized spacial score (nSPS) is 16.8. The molecule has 140 valence electrons. The predicted octanol–water partition coefficient (Wildman–Crippen LogP) is 3.77. The number of hydrogen-bond donors (Lipinski definition) is 2. The summed E-state index contributed by atoms with van der Waals surface area (Å²) >= 11 is 0. The van der Waals surface area contributed by atoms with Crippen molar-refractivity contribution in [1.29, 1.82) is 0 Å². The van der Waals surface area contributed by atoms with E-state index in [1.807, 2.05) is 7.05 Å². The predicted molar refractivity (Wildman–Crippen MR) is 112 cm³/mol. The molecule has 0 radical (unpaired) electrons. The lowest BCUT2D eigenvalue weighted by molar-refractivity contribution is 0.203. The fourth-order valence-corrected chi connectivity index (χ4v) is 3.70. The quantitative estimate of drug-likeness (QED) is 0.614. The van der Waals surface area contributed by atoms with Gasteiger partial charge in [-0.3, -0.25) is 4.99 Å². The minimum absolute atomic E-state index is 0.520. The number of fused-ring (bicyclic) bond motifs is 1. The first-order valence-corrected chi connectivity index (χ1v) is 9.96. The molecule has 0 spiro atoms. The number of guanidine groups is 1. The molecule has 26 heavy (non-hydrogen) atoms. The first-order valence-electron chi connectivity index (χ1n) is 9.96. The maximum absolute atomic E-state index is 4.43. The van der Waals surface area contributed by atoms with Crippen molar-refractivity contribution in [3.63, 3.8) is 0 Å². The van der Waals surface area contributed by atoms with Crippen LogP contribution in [0.15, 0.2) is 47.5 Å². The number of hydrogen-bond acceptors (Lipinski definition) is 2. The van der Waals surface area contributed by atoms with Crippen LogP contribution in [-0.2, 0) is 6.54 Å². The number of benzene rings is 2. The van der Waals surface area contributed by atoms with Gasteiger partial charge in [0.15, 0.2) is 5.96 Å². The Balaban J connectivity index is 1.51. The number of unbranched alkanes of at least 4 members (excludes halogenated alkanes) is 1. The standard InChI is InChI=1S/C22H32N4/c1-3-4-14-26-15-12-20(13-16-26)25-22(23-2)24-17-19-10-7-9-18-8-5-6-11-21(18)19/h5-11,20H,3-4,12-17H2,1-2H3,(H2,23,24,25). The van der Waals surface area contributed by atoms with Gasteiger partial charge in [-0.05, 0) is 42.1 Å². The lowest BCUT2D eigenvalue weighted by atomic mass is 10.0. The zero-order valence-electron chi connectivity index (χ0n) is 16.2. The molecule has 1 aliphatic heterocycles. The number of nitrogens with one attached hydrogen (secondary N) is 2. The van der Waals surface area contributed by atoms with Crippen molar-refractivity contribution in [2.24, 2.45) is 4.99 Å². The second-order valence-electron chi connectivity index (χ2n) is 7.18. The summed E-state index contributed by atoms with van der Waals surface area (Å²) in [7, 11) is 1.86. The van der Waals surface area contributed by atoms with Crippen molar-refractivity contribution in [1.82, 2.24) is 15.5 Å². The van der Waals surface area contributed by atoms with E-state index in [0.29, 0.717) is 6.04 Å². The molecule has 1 saturated heterocycles. The number of piperidine rings is 1. The summed E-state index contributed by atoms with van der Waals surface area (Å²) < 4.78 is 0. The molecule has 2 aromatic carbocycles. The van der Waals surface area contributed by atoms with Gasteiger partial charge in [0.05, 0.1) is 0 Å². The average Bonchev–Trinajstić information content (AvgIpc) is 2.70. The molecule has 2 N–H and O–H groups in total. The van der Waals surface area contributed by atoms with Crippen LogP contribution in [0.3, 0.4) is 0 Å². The second kappa shape index (κ2) is 9.58. The average molecular weight is 353 g/mol.